The Kier molecular flexibility index (Phi) is 22.0. The standard InChI is InChI=1S/C44H49ClO14/c1-3-39(46)52-27-13-9-5-7-11-15-29-54-43(50)57-34-21-17-32(18-22-34)41(48)56-36-25-26-38(37(45)31-36)59-42(49)33-19-23-35(24-20-33)58-44(51)55-30-16-12-8-6-10-14-28-53-40(47)4-2/h3-4,17-26,31H,1-2,5-16,27-30H2. The van der Waals surface area contributed by atoms with Crippen molar-refractivity contribution in [2.45, 2.75) is 77.0 Å². The number of benzene rings is 3. The molecule has 15 heteroatoms. The van der Waals surface area contributed by atoms with Crippen LogP contribution in [0.5, 0.6) is 23.0 Å². The highest BCUT2D eigenvalue weighted by Gasteiger charge is 2.16. The summed E-state index contributed by atoms with van der Waals surface area (Å²) in [4.78, 5) is 71.6. The molecule has 0 heterocycles. The van der Waals surface area contributed by atoms with Gasteiger partial charge < -0.3 is 37.9 Å². The molecule has 0 radical (unpaired) electrons. The Balaban J connectivity index is 1.31. The molecule has 3 rings (SSSR count). The number of esters is 4. The van der Waals surface area contributed by atoms with E-state index >= 15 is 0 Å². The van der Waals surface area contributed by atoms with Crippen LogP contribution in [0.1, 0.15) is 97.8 Å². The van der Waals surface area contributed by atoms with E-state index in [2.05, 4.69) is 13.2 Å². The summed E-state index contributed by atoms with van der Waals surface area (Å²) in [6, 6.07) is 15.4. The van der Waals surface area contributed by atoms with Gasteiger partial charge in [0.25, 0.3) is 0 Å². The number of carbonyl (C=O) groups is 6. The van der Waals surface area contributed by atoms with Crippen molar-refractivity contribution in [1.29, 1.82) is 0 Å². The van der Waals surface area contributed by atoms with E-state index in [-0.39, 0.29) is 52.4 Å². The molecule has 0 amide bonds. The quantitative estimate of drug-likeness (QED) is 0.0186. The Morgan fingerprint density at radius 1 is 0.441 bits per heavy atom. The minimum atomic E-state index is -0.866. The minimum absolute atomic E-state index is 0.00361. The predicted molar refractivity (Wildman–Crippen MR) is 216 cm³/mol. The van der Waals surface area contributed by atoms with E-state index in [1.807, 2.05) is 0 Å². The maximum atomic E-state index is 12.8. The molecule has 0 atom stereocenters. The molecule has 3 aromatic rings. The molecular formula is C44H49ClO14. The normalized spacial score (nSPS) is 10.4. The number of hydrogen-bond donors (Lipinski definition) is 0. The smallest absolute Gasteiger partial charge is 0.463 e. The van der Waals surface area contributed by atoms with Crippen molar-refractivity contribution in [3.63, 3.8) is 0 Å². The maximum Gasteiger partial charge on any atom is 0.513 e. The zero-order valence-electron chi connectivity index (χ0n) is 32.8. The zero-order chi connectivity index (χ0) is 42.7. The van der Waals surface area contributed by atoms with Crippen LogP contribution in [0.4, 0.5) is 9.59 Å². The fourth-order valence-electron chi connectivity index (χ4n) is 5.12. The molecule has 0 aliphatic rings. The summed E-state index contributed by atoms with van der Waals surface area (Å²) < 4.78 is 41.2. The van der Waals surface area contributed by atoms with E-state index in [1.54, 1.807) is 0 Å². The van der Waals surface area contributed by atoms with E-state index in [0.717, 1.165) is 76.4 Å². The lowest BCUT2D eigenvalue weighted by atomic mass is 10.1. The average Bonchev–Trinajstić information content (AvgIpc) is 3.23. The molecule has 0 spiro atoms. The third-order valence-electron chi connectivity index (χ3n) is 8.24. The van der Waals surface area contributed by atoms with Crippen molar-refractivity contribution >= 4 is 47.8 Å². The van der Waals surface area contributed by atoms with Crippen molar-refractivity contribution in [2.24, 2.45) is 0 Å². The van der Waals surface area contributed by atoms with Gasteiger partial charge in [0.05, 0.1) is 42.6 Å². The van der Waals surface area contributed by atoms with Crippen LogP contribution < -0.4 is 18.9 Å². The van der Waals surface area contributed by atoms with Gasteiger partial charge in [-0.25, -0.2) is 28.8 Å². The van der Waals surface area contributed by atoms with Gasteiger partial charge in [-0.1, -0.05) is 76.1 Å². The topological polar surface area (TPSA) is 176 Å². The van der Waals surface area contributed by atoms with Crippen LogP contribution in [-0.4, -0.2) is 62.6 Å². The number of hydrogen-bond acceptors (Lipinski definition) is 14. The van der Waals surface area contributed by atoms with Crippen molar-refractivity contribution < 1.29 is 66.7 Å². The Hall–Kier alpha value is -6.15. The second kappa shape index (κ2) is 27.5. The van der Waals surface area contributed by atoms with Crippen molar-refractivity contribution in [3.8, 4) is 23.0 Å². The highest BCUT2D eigenvalue weighted by Crippen LogP contribution is 2.30. The lowest BCUT2D eigenvalue weighted by Gasteiger charge is -2.10. The molecule has 14 nitrogen and oxygen atoms in total. The average molecular weight is 837 g/mol. The van der Waals surface area contributed by atoms with Crippen LogP contribution in [-0.2, 0) is 28.5 Å². The van der Waals surface area contributed by atoms with E-state index < -0.39 is 36.2 Å². The second-order valence-electron chi connectivity index (χ2n) is 12.8. The molecular weight excluding hydrogens is 788 g/mol. The highest BCUT2D eigenvalue weighted by molar-refractivity contribution is 6.32. The van der Waals surface area contributed by atoms with E-state index in [1.165, 1.54) is 66.7 Å². The molecule has 0 aromatic heterocycles. The summed E-state index contributed by atoms with van der Waals surface area (Å²) in [5.74, 6) is -1.83. The third-order valence-corrected chi connectivity index (χ3v) is 8.53. The minimum Gasteiger partial charge on any atom is -0.463 e. The first-order valence-corrected chi connectivity index (χ1v) is 19.7. The molecule has 0 saturated heterocycles. The van der Waals surface area contributed by atoms with Crippen LogP contribution in [0.25, 0.3) is 0 Å². The van der Waals surface area contributed by atoms with E-state index in [9.17, 15) is 28.8 Å². The number of carbonyl (C=O) groups excluding carboxylic acids is 6. The molecule has 0 saturated carbocycles. The molecule has 0 fully saturated rings. The first-order chi connectivity index (χ1) is 28.6. The Morgan fingerprint density at radius 3 is 1.19 bits per heavy atom. The lowest BCUT2D eigenvalue weighted by molar-refractivity contribution is -0.138. The molecule has 0 aliphatic carbocycles. The van der Waals surface area contributed by atoms with Gasteiger partial charge >= 0.3 is 36.2 Å². The summed E-state index contributed by atoms with van der Waals surface area (Å²) in [5, 5.41) is 0.00361. The summed E-state index contributed by atoms with van der Waals surface area (Å²) >= 11 is 6.31. The van der Waals surface area contributed by atoms with Crippen LogP contribution >= 0.6 is 11.6 Å². The number of rotatable bonds is 26. The fraction of sp³-hybridized carbons (Fsp3) is 0.364. The summed E-state index contributed by atoms with van der Waals surface area (Å²) in [6.07, 6.45) is 10.9. The van der Waals surface area contributed by atoms with Crippen molar-refractivity contribution in [1.82, 2.24) is 0 Å². The lowest BCUT2D eigenvalue weighted by Crippen LogP contribution is -2.12. The summed E-state index contributed by atoms with van der Waals surface area (Å²) in [7, 11) is 0. The molecule has 0 unspecified atom stereocenters. The van der Waals surface area contributed by atoms with Crippen molar-refractivity contribution in [2.75, 3.05) is 26.4 Å². The van der Waals surface area contributed by atoms with Crippen LogP contribution in [0, 0.1) is 0 Å². The van der Waals surface area contributed by atoms with Crippen LogP contribution in [0.15, 0.2) is 92.0 Å². The first kappa shape index (κ1) is 47.2. The van der Waals surface area contributed by atoms with E-state index in [4.69, 9.17) is 49.5 Å². The SMILES string of the molecule is C=CC(=O)OCCCCCCCCOC(=O)Oc1ccc(C(=O)Oc2ccc(OC(=O)c3ccc(OC(=O)OCCCCCCCCOC(=O)C=C)cc3)c(Cl)c2)cc1. The number of unbranched alkanes of at least 4 members (excludes halogenated alkanes) is 10. The van der Waals surface area contributed by atoms with E-state index in [0.29, 0.717) is 26.1 Å². The monoisotopic (exact) mass is 836 g/mol. The Labute approximate surface area is 348 Å². The summed E-state index contributed by atoms with van der Waals surface area (Å²) in [6.45, 7) is 7.84. The number of ether oxygens (including phenoxy) is 8. The largest absolute Gasteiger partial charge is 0.513 e. The van der Waals surface area contributed by atoms with Crippen LogP contribution in [0.2, 0.25) is 5.02 Å². The fourth-order valence-corrected chi connectivity index (χ4v) is 5.33. The van der Waals surface area contributed by atoms with Crippen LogP contribution in [0.3, 0.4) is 0 Å². The van der Waals surface area contributed by atoms with Gasteiger partial charge in [0, 0.05) is 18.2 Å². The van der Waals surface area contributed by atoms with Gasteiger partial charge in [0.15, 0.2) is 0 Å². The second-order valence-corrected chi connectivity index (χ2v) is 13.2. The zero-order valence-corrected chi connectivity index (χ0v) is 33.6. The molecule has 3 aromatic carbocycles. The molecule has 0 aliphatic heterocycles. The predicted octanol–water partition coefficient (Wildman–Crippen LogP) is 9.95. The molecule has 316 valence electrons. The van der Waals surface area contributed by atoms with Gasteiger partial charge in [0.1, 0.15) is 23.0 Å². The molecule has 59 heavy (non-hydrogen) atoms. The first-order valence-electron chi connectivity index (χ1n) is 19.3. The van der Waals surface area contributed by atoms with Gasteiger partial charge in [-0.05, 0) is 86.3 Å². The van der Waals surface area contributed by atoms with Gasteiger partial charge in [-0.2, -0.15) is 0 Å². The Morgan fingerprint density at radius 2 is 0.797 bits per heavy atom. The molecule has 0 bridgehead atoms. The van der Waals surface area contributed by atoms with Gasteiger partial charge in [-0.3, -0.25) is 0 Å². The molecule has 0 N–H and O–H groups in total. The van der Waals surface area contributed by atoms with Gasteiger partial charge in [-0.15, -0.1) is 0 Å². The number of halogens is 1. The Bertz CT molecular complexity index is 1840. The summed E-state index contributed by atoms with van der Waals surface area (Å²) in [5.41, 5.74) is 0.324. The van der Waals surface area contributed by atoms with Gasteiger partial charge in [0.2, 0.25) is 0 Å². The van der Waals surface area contributed by atoms with Crippen molar-refractivity contribution in [3.05, 3.63) is 108 Å². The maximum absolute atomic E-state index is 12.8. The third kappa shape index (κ3) is 19.7. The highest BCUT2D eigenvalue weighted by atomic mass is 35.5.